The highest BCUT2D eigenvalue weighted by Crippen LogP contribution is 2.16. The Bertz CT molecular complexity index is 836. The second kappa shape index (κ2) is 7.65. The molecule has 0 saturated heterocycles. The number of anilines is 1. The van der Waals surface area contributed by atoms with Crippen LogP contribution in [0.15, 0.2) is 42.5 Å². The Kier molecular flexibility index (Phi) is 5.59. The van der Waals surface area contributed by atoms with Crippen LogP contribution in [0.1, 0.15) is 34.6 Å². The number of esters is 1. The molecule has 1 atom stereocenters. The van der Waals surface area contributed by atoms with Gasteiger partial charge in [0.2, 0.25) is 11.7 Å². The van der Waals surface area contributed by atoms with Crippen LogP contribution in [-0.4, -0.2) is 23.8 Å². The molecule has 0 radical (unpaired) electrons. The van der Waals surface area contributed by atoms with E-state index in [1.807, 2.05) is 0 Å². The van der Waals surface area contributed by atoms with Gasteiger partial charge in [-0.1, -0.05) is 6.07 Å². The van der Waals surface area contributed by atoms with Crippen LogP contribution in [0.5, 0.6) is 0 Å². The molecular formula is C18H15F2NO4. The first-order chi connectivity index (χ1) is 11.8. The summed E-state index contributed by atoms with van der Waals surface area (Å²) >= 11 is 0. The first kappa shape index (κ1) is 18.3. The normalized spacial score (nSPS) is 11.5. The van der Waals surface area contributed by atoms with Crippen molar-refractivity contribution in [1.82, 2.24) is 0 Å². The van der Waals surface area contributed by atoms with Gasteiger partial charge >= 0.3 is 5.97 Å². The molecule has 5 nitrogen and oxygen atoms in total. The molecule has 1 amide bonds. The standard InChI is InChI=1S/C18H15F2NO4/c1-10(17(23)15-7-6-13(19)9-16(15)20)25-18(24)12-4-3-5-14(8-12)21-11(2)22/h3-10H,1-2H3,(H,21,22). The summed E-state index contributed by atoms with van der Waals surface area (Å²) in [6, 6.07) is 8.48. The van der Waals surface area contributed by atoms with E-state index in [4.69, 9.17) is 4.74 Å². The second-order valence-electron chi connectivity index (χ2n) is 5.30. The number of ether oxygens (including phenoxy) is 1. The van der Waals surface area contributed by atoms with Crippen LogP contribution >= 0.6 is 0 Å². The summed E-state index contributed by atoms with van der Waals surface area (Å²) in [6.07, 6.45) is -1.27. The minimum atomic E-state index is -1.27. The second-order valence-corrected chi connectivity index (χ2v) is 5.30. The van der Waals surface area contributed by atoms with Crippen molar-refractivity contribution in [2.75, 3.05) is 5.32 Å². The Labute approximate surface area is 142 Å². The fourth-order valence-corrected chi connectivity index (χ4v) is 2.12. The van der Waals surface area contributed by atoms with E-state index in [1.165, 1.54) is 32.0 Å². The first-order valence-electron chi connectivity index (χ1n) is 7.36. The summed E-state index contributed by atoms with van der Waals surface area (Å²) in [7, 11) is 0. The maximum atomic E-state index is 13.7. The van der Waals surface area contributed by atoms with E-state index in [1.54, 1.807) is 6.07 Å². The largest absolute Gasteiger partial charge is 0.451 e. The Balaban J connectivity index is 2.11. The molecule has 0 bridgehead atoms. The van der Waals surface area contributed by atoms with Crippen molar-refractivity contribution in [3.05, 3.63) is 65.2 Å². The van der Waals surface area contributed by atoms with E-state index in [0.29, 0.717) is 11.8 Å². The summed E-state index contributed by atoms with van der Waals surface area (Å²) in [5.41, 5.74) is 0.143. The molecule has 0 aliphatic carbocycles. The highest BCUT2D eigenvalue weighted by atomic mass is 19.1. The van der Waals surface area contributed by atoms with Crippen molar-refractivity contribution in [2.24, 2.45) is 0 Å². The van der Waals surface area contributed by atoms with Crippen molar-refractivity contribution >= 4 is 23.3 Å². The number of Topliss-reactive ketones (excluding diaryl/α,β-unsaturated/α-hetero) is 1. The number of carbonyl (C=O) groups is 3. The van der Waals surface area contributed by atoms with Crippen molar-refractivity contribution in [1.29, 1.82) is 0 Å². The van der Waals surface area contributed by atoms with Gasteiger partial charge in [0.1, 0.15) is 11.6 Å². The third-order valence-corrected chi connectivity index (χ3v) is 3.27. The molecule has 0 spiro atoms. The summed E-state index contributed by atoms with van der Waals surface area (Å²) in [4.78, 5) is 35.3. The van der Waals surface area contributed by atoms with Gasteiger partial charge in [-0.05, 0) is 37.3 Å². The Morgan fingerprint density at radius 2 is 1.80 bits per heavy atom. The van der Waals surface area contributed by atoms with Gasteiger partial charge < -0.3 is 10.1 Å². The number of benzene rings is 2. The molecule has 2 aromatic carbocycles. The predicted molar refractivity (Wildman–Crippen MR) is 86.3 cm³/mol. The number of ketones is 1. The van der Waals surface area contributed by atoms with Crippen LogP contribution in [0.4, 0.5) is 14.5 Å². The average Bonchev–Trinajstić information content (AvgIpc) is 2.53. The molecule has 25 heavy (non-hydrogen) atoms. The number of amides is 1. The van der Waals surface area contributed by atoms with E-state index >= 15 is 0 Å². The van der Waals surface area contributed by atoms with Crippen LogP contribution in [0.25, 0.3) is 0 Å². The Morgan fingerprint density at radius 1 is 1.08 bits per heavy atom. The SMILES string of the molecule is CC(=O)Nc1cccc(C(=O)OC(C)C(=O)c2ccc(F)cc2F)c1. The molecule has 130 valence electrons. The third kappa shape index (κ3) is 4.69. The molecule has 2 rings (SSSR count). The highest BCUT2D eigenvalue weighted by Gasteiger charge is 2.23. The van der Waals surface area contributed by atoms with Crippen molar-refractivity contribution < 1.29 is 27.9 Å². The first-order valence-corrected chi connectivity index (χ1v) is 7.36. The fraction of sp³-hybridized carbons (Fsp3) is 0.167. The van der Waals surface area contributed by atoms with Gasteiger partial charge in [0.25, 0.3) is 0 Å². The van der Waals surface area contributed by atoms with E-state index in [0.717, 1.165) is 12.1 Å². The number of halogens is 2. The average molecular weight is 347 g/mol. The summed E-state index contributed by atoms with van der Waals surface area (Å²) in [5, 5.41) is 2.52. The van der Waals surface area contributed by atoms with Crippen molar-refractivity contribution in [3.63, 3.8) is 0 Å². The zero-order chi connectivity index (χ0) is 18.6. The monoisotopic (exact) mass is 347 g/mol. The molecule has 1 N–H and O–H groups in total. The Morgan fingerprint density at radius 3 is 2.44 bits per heavy atom. The molecule has 0 saturated carbocycles. The lowest BCUT2D eigenvalue weighted by molar-refractivity contribution is -0.114. The number of hydrogen-bond acceptors (Lipinski definition) is 4. The van der Waals surface area contributed by atoms with Gasteiger partial charge in [-0.3, -0.25) is 9.59 Å². The number of carbonyl (C=O) groups excluding carboxylic acids is 3. The minimum absolute atomic E-state index is 0.116. The zero-order valence-electron chi connectivity index (χ0n) is 13.5. The summed E-state index contributed by atoms with van der Waals surface area (Å²) in [5.74, 6) is -3.74. The molecule has 2 aromatic rings. The van der Waals surface area contributed by atoms with E-state index < -0.39 is 29.5 Å². The maximum absolute atomic E-state index is 13.7. The van der Waals surface area contributed by atoms with Gasteiger partial charge in [-0.25, -0.2) is 13.6 Å². The highest BCUT2D eigenvalue weighted by molar-refractivity contribution is 6.02. The fourth-order valence-electron chi connectivity index (χ4n) is 2.12. The van der Waals surface area contributed by atoms with Gasteiger partial charge in [-0.15, -0.1) is 0 Å². The molecule has 0 fully saturated rings. The molecule has 0 aliphatic rings. The summed E-state index contributed by atoms with van der Waals surface area (Å²) in [6.45, 7) is 2.61. The van der Waals surface area contributed by atoms with Gasteiger partial charge in [-0.2, -0.15) is 0 Å². The van der Waals surface area contributed by atoms with Crippen molar-refractivity contribution in [3.8, 4) is 0 Å². The molecule has 1 unspecified atom stereocenters. The number of rotatable bonds is 5. The third-order valence-electron chi connectivity index (χ3n) is 3.27. The van der Waals surface area contributed by atoms with Gasteiger partial charge in [0.15, 0.2) is 6.10 Å². The maximum Gasteiger partial charge on any atom is 0.338 e. The van der Waals surface area contributed by atoms with E-state index in [9.17, 15) is 23.2 Å². The number of hydrogen-bond donors (Lipinski definition) is 1. The molecule has 0 aliphatic heterocycles. The molecule has 0 heterocycles. The lowest BCUT2D eigenvalue weighted by Crippen LogP contribution is -2.25. The Hall–Kier alpha value is -3.09. The van der Waals surface area contributed by atoms with Crippen LogP contribution in [-0.2, 0) is 9.53 Å². The topological polar surface area (TPSA) is 72.5 Å². The van der Waals surface area contributed by atoms with Crippen LogP contribution in [0.3, 0.4) is 0 Å². The van der Waals surface area contributed by atoms with E-state index in [2.05, 4.69) is 5.32 Å². The smallest absolute Gasteiger partial charge is 0.338 e. The zero-order valence-corrected chi connectivity index (χ0v) is 13.5. The van der Waals surface area contributed by atoms with Crippen LogP contribution in [0.2, 0.25) is 0 Å². The van der Waals surface area contributed by atoms with Gasteiger partial charge in [0, 0.05) is 18.7 Å². The lowest BCUT2D eigenvalue weighted by atomic mass is 10.1. The molecule has 7 heteroatoms. The minimum Gasteiger partial charge on any atom is -0.451 e. The predicted octanol–water partition coefficient (Wildman–Crippen LogP) is 3.35. The quantitative estimate of drug-likeness (QED) is 0.665. The summed E-state index contributed by atoms with van der Waals surface area (Å²) < 4.78 is 31.6. The molecule has 0 aromatic heterocycles. The lowest BCUT2D eigenvalue weighted by Gasteiger charge is -2.13. The van der Waals surface area contributed by atoms with E-state index in [-0.39, 0.29) is 17.0 Å². The van der Waals surface area contributed by atoms with Crippen molar-refractivity contribution in [2.45, 2.75) is 20.0 Å². The number of nitrogens with one attached hydrogen (secondary N) is 1. The van der Waals surface area contributed by atoms with Crippen LogP contribution < -0.4 is 5.32 Å². The van der Waals surface area contributed by atoms with Gasteiger partial charge in [0.05, 0.1) is 11.1 Å². The molecular weight excluding hydrogens is 332 g/mol. The van der Waals surface area contributed by atoms with Crippen LogP contribution in [0, 0.1) is 11.6 Å².